The lowest BCUT2D eigenvalue weighted by Gasteiger charge is -2.37. The smallest absolute Gasteiger partial charge is 0.246 e. The molecule has 0 radical (unpaired) electrons. The molecule has 5 heteroatoms. The van der Waals surface area contributed by atoms with E-state index in [0.29, 0.717) is 0 Å². The van der Waals surface area contributed by atoms with Gasteiger partial charge in [0, 0.05) is 16.5 Å². The van der Waals surface area contributed by atoms with E-state index >= 15 is 0 Å². The second-order valence-electron chi connectivity index (χ2n) is 6.18. The zero-order chi connectivity index (χ0) is 16.8. The quantitative estimate of drug-likeness (QED) is 0.592. The fourth-order valence-electron chi connectivity index (χ4n) is 3.48. The number of ether oxygens (including phenoxy) is 1. The van der Waals surface area contributed by atoms with Crippen molar-refractivity contribution in [1.82, 2.24) is 5.01 Å². The van der Waals surface area contributed by atoms with E-state index in [1.54, 1.807) is 6.26 Å². The van der Waals surface area contributed by atoms with E-state index in [4.69, 9.17) is 14.3 Å². The number of furan rings is 1. The van der Waals surface area contributed by atoms with Crippen molar-refractivity contribution in [3.05, 3.63) is 88.3 Å². The van der Waals surface area contributed by atoms with Crippen molar-refractivity contribution >= 4 is 21.6 Å². The Morgan fingerprint density at radius 3 is 2.72 bits per heavy atom. The van der Waals surface area contributed by atoms with E-state index in [0.717, 1.165) is 39.2 Å². The molecule has 1 aromatic heterocycles. The summed E-state index contributed by atoms with van der Waals surface area (Å²) >= 11 is 3.57. The standard InChI is InChI=1S/C20H15BrN2O2/c21-14-8-9-18-15(11-14)17-12-16(13-5-2-1-3-6-13)22-23(17)20(25-18)19-7-4-10-24-19/h1-11,17,20H,12H2/t17-,20-/m0/s1. The number of halogens is 1. The molecule has 5 rings (SSSR count). The van der Waals surface area contributed by atoms with Crippen LogP contribution in [0.25, 0.3) is 0 Å². The second kappa shape index (κ2) is 5.77. The van der Waals surface area contributed by atoms with Gasteiger partial charge in [0.25, 0.3) is 0 Å². The Morgan fingerprint density at radius 1 is 1.04 bits per heavy atom. The first-order valence-electron chi connectivity index (χ1n) is 8.20. The van der Waals surface area contributed by atoms with Crippen LogP contribution in [0.5, 0.6) is 5.75 Å². The van der Waals surface area contributed by atoms with E-state index in [1.165, 1.54) is 0 Å². The predicted molar refractivity (Wildman–Crippen MR) is 98.4 cm³/mol. The fourth-order valence-corrected chi connectivity index (χ4v) is 3.86. The normalized spacial score (nSPS) is 21.3. The van der Waals surface area contributed by atoms with Gasteiger partial charge in [-0.15, -0.1) is 0 Å². The summed E-state index contributed by atoms with van der Waals surface area (Å²) < 4.78 is 12.9. The summed E-state index contributed by atoms with van der Waals surface area (Å²) in [5.74, 6) is 1.65. The Labute approximate surface area is 153 Å². The van der Waals surface area contributed by atoms with Crippen LogP contribution in [0.1, 0.15) is 35.6 Å². The van der Waals surface area contributed by atoms with Crippen molar-refractivity contribution in [3.63, 3.8) is 0 Å². The summed E-state index contributed by atoms with van der Waals surface area (Å²) in [6.45, 7) is 0. The molecule has 2 aromatic carbocycles. The summed E-state index contributed by atoms with van der Waals surface area (Å²) in [6, 6.07) is 20.4. The zero-order valence-corrected chi connectivity index (χ0v) is 14.9. The highest BCUT2D eigenvalue weighted by Crippen LogP contribution is 2.48. The molecule has 0 saturated carbocycles. The molecule has 3 heterocycles. The van der Waals surface area contributed by atoms with Crippen LogP contribution in [0.4, 0.5) is 0 Å². The lowest BCUT2D eigenvalue weighted by molar-refractivity contribution is -0.0325. The molecule has 0 amide bonds. The fraction of sp³-hybridized carbons (Fsp3) is 0.150. The Kier molecular flexibility index (Phi) is 3.41. The van der Waals surface area contributed by atoms with E-state index in [1.807, 2.05) is 47.5 Å². The first-order chi connectivity index (χ1) is 12.3. The Bertz CT molecular complexity index is 938. The van der Waals surface area contributed by atoms with Crippen molar-refractivity contribution in [2.75, 3.05) is 0 Å². The Morgan fingerprint density at radius 2 is 1.92 bits per heavy atom. The van der Waals surface area contributed by atoms with Gasteiger partial charge < -0.3 is 9.15 Å². The third kappa shape index (κ3) is 2.46. The van der Waals surface area contributed by atoms with Gasteiger partial charge in [-0.2, -0.15) is 5.10 Å². The van der Waals surface area contributed by atoms with Gasteiger partial charge in [-0.05, 0) is 35.9 Å². The second-order valence-corrected chi connectivity index (χ2v) is 7.10. The van der Waals surface area contributed by atoms with Gasteiger partial charge in [0.15, 0.2) is 5.76 Å². The highest BCUT2D eigenvalue weighted by Gasteiger charge is 2.42. The first kappa shape index (κ1) is 14.8. The van der Waals surface area contributed by atoms with Crippen LogP contribution in [0.2, 0.25) is 0 Å². The highest BCUT2D eigenvalue weighted by atomic mass is 79.9. The molecular formula is C20H15BrN2O2. The van der Waals surface area contributed by atoms with E-state index < -0.39 is 0 Å². The number of benzene rings is 2. The van der Waals surface area contributed by atoms with Crippen molar-refractivity contribution in [3.8, 4) is 5.75 Å². The monoisotopic (exact) mass is 394 g/mol. The van der Waals surface area contributed by atoms with Crippen LogP contribution in [0, 0.1) is 0 Å². The third-order valence-corrected chi connectivity index (χ3v) is 5.14. The van der Waals surface area contributed by atoms with Gasteiger partial charge in [-0.1, -0.05) is 46.3 Å². The number of fused-ring (bicyclic) bond motifs is 3. The van der Waals surface area contributed by atoms with Crippen LogP contribution >= 0.6 is 15.9 Å². The molecule has 0 unspecified atom stereocenters. The van der Waals surface area contributed by atoms with Gasteiger partial charge in [0.1, 0.15) is 5.75 Å². The Hall–Kier alpha value is -2.53. The zero-order valence-electron chi connectivity index (χ0n) is 13.3. The molecule has 124 valence electrons. The van der Waals surface area contributed by atoms with Gasteiger partial charge in [-0.3, -0.25) is 0 Å². The molecule has 3 aromatic rings. The average molecular weight is 395 g/mol. The minimum Gasteiger partial charge on any atom is -0.463 e. The van der Waals surface area contributed by atoms with E-state index in [-0.39, 0.29) is 12.3 Å². The van der Waals surface area contributed by atoms with E-state index in [2.05, 4.69) is 34.1 Å². The first-order valence-corrected chi connectivity index (χ1v) is 8.99. The number of nitrogens with zero attached hydrogens (tertiary/aromatic N) is 2. The number of hydrogen-bond acceptors (Lipinski definition) is 4. The van der Waals surface area contributed by atoms with Crippen LogP contribution in [-0.4, -0.2) is 10.7 Å². The maximum absolute atomic E-state index is 6.23. The summed E-state index contributed by atoms with van der Waals surface area (Å²) in [4.78, 5) is 0. The summed E-state index contributed by atoms with van der Waals surface area (Å²) in [5.41, 5.74) is 3.36. The van der Waals surface area contributed by atoms with Crippen molar-refractivity contribution in [1.29, 1.82) is 0 Å². The van der Waals surface area contributed by atoms with Gasteiger partial charge in [-0.25, -0.2) is 5.01 Å². The molecule has 4 nitrogen and oxygen atoms in total. The van der Waals surface area contributed by atoms with Crippen LogP contribution in [0.15, 0.2) is 80.9 Å². The maximum Gasteiger partial charge on any atom is 0.246 e. The molecule has 0 bridgehead atoms. The molecule has 25 heavy (non-hydrogen) atoms. The molecule has 2 aliphatic heterocycles. The molecule has 0 fully saturated rings. The van der Waals surface area contributed by atoms with Crippen LogP contribution < -0.4 is 4.74 Å². The molecule has 2 aliphatic rings. The lowest BCUT2D eigenvalue weighted by atomic mass is 9.96. The van der Waals surface area contributed by atoms with Crippen LogP contribution in [0.3, 0.4) is 0 Å². The third-order valence-electron chi connectivity index (χ3n) is 4.65. The summed E-state index contributed by atoms with van der Waals surface area (Å²) in [5, 5.41) is 6.92. The van der Waals surface area contributed by atoms with Gasteiger partial charge in [0.2, 0.25) is 6.23 Å². The molecular weight excluding hydrogens is 380 g/mol. The Balaban J connectivity index is 1.61. The molecule has 0 aliphatic carbocycles. The van der Waals surface area contributed by atoms with Crippen LogP contribution in [-0.2, 0) is 0 Å². The largest absolute Gasteiger partial charge is 0.463 e. The molecule has 0 spiro atoms. The number of rotatable bonds is 2. The SMILES string of the molecule is Brc1ccc2c(c1)[C@@H]1CC(c3ccccc3)=NN1[C@H](c1ccco1)O2. The van der Waals surface area contributed by atoms with Gasteiger partial charge >= 0.3 is 0 Å². The highest BCUT2D eigenvalue weighted by molar-refractivity contribution is 9.10. The average Bonchev–Trinajstić information content (AvgIpc) is 3.32. The van der Waals surface area contributed by atoms with Crippen molar-refractivity contribution < 1.29 is 9.15 Å². The maximum atomic E-state index is 6.23. The topological polar surface area (TPSA) is 38.0 Å². The number of hydrogen-bond donors (Lipinski definition) is 0. The van der Waals surface area contributed by atoms with Crippen molar-refractivity contribution in [2.45, 2.75) is 18.7 Å². The molecule has 0 saturated heterocycles. The summed E-state index contributed by atoms with van der Waals surface area (Å²) in [7, 11) is 0. The lowest BCUT2D eigenvalue weighted by Crippen LogP contribution is -2.33. The minimum absolute atomic E-state index is 0.131. The minimum atomic E-state index is -0.352. The van der Waals surface area contributed by atoms with E-state index in [9.17, 15) is 0 Å². The predicted octanol–water partition coefficient (Wildman–Crippen LogP) is 5.28. The van der Waals surface area contributed by atoms with Gasteiger partial charge in [0.05, 0.1) is 18.0 Å². The molecule has 0 N–H and O–H groups in total. The number of hydrazone groups is 1. The van der Waals surface area contributed by atoms with Crippen molar-refractivity contribution in [2.24, 2.45) is 5.10 Å². The molecule has 2 atom stereocenters. The summed E-state index contributed by atoms with van der Waals surface area (Å²) in [6.07, 6.45) is 2.16.